The SMILES string of the molecule is CCCC(F)(F)[SiH3]. The third kappa shape index (κ3) is 6.08. The molecule has 0 nitrogen and oxygen atoms in total. The second-order valence-corrected chi connectivity index (χ2v) is 3.28. The van der Waals surface area contributed by atoms with E-state index in [2.05, 4.69) is 0 Å². The highest BCUT2D eigenvalue weighted by Crippen LogP contribution is 2.13. The summed E-state index contributed by atoms with van der Waals surface area (Å²) in [5, 5.41) is 0. The molecular weight excluding hydrogens is 114 g/mol. The summed E-state index contributed by atoms with van der Waals surface area (Å²) in [5.41, 5.74) is -2.31. The summed E-state index contributed by atoms with van der Waals surface area (Å²) in [6.45, 7) is 1.77. The lowest BCUT2D eigenvalue weighted by atomic mass is 10.3. The minimum Gasteiger partial charge on any atom is -0.213 e. The summed E-state index contributed by atoms with van der Waals surface area (Å²) in [5.74, 6) is 0. The van der Waals surface area contributed by atoms with Crippen LogP contribution in [0.25, 0.3) is 0 Å². The van der Waals surface area contributed by atoms with E-state index in [1.165, 1.54) is 0 Å². The highest BCUT2D eigenvalue weighted by atomic mass is 28.1. The Kier molecular flexibility index (Phi) is 2.43. The molecule has 0 aliphatic carbocycles. The van der Waals surface area contributed by atoms with Crippen molar-refractivity contribution >= 4 is 10.2 Å². The fraction of sp³-hybridized carbons (Fsp3) is 1.00. The van der Waals surface area contributed by atoms with Gasteiger partial charge in [0.25, 0.3) is 0 Å². The van der Waals surface area contributed by atoms with Crippen molar-refractivity contribution in [3.05, 3.63) is 0 Å². The van der Waals surface area contributed by atoms with E-state index >= 15 is 0 Å². The zero-order chi connectivity index (χ0) is 5.91. The summed E-state index contributed by atoms with van der Waals surface area (Å²) in [6, 6.07) is 0. The van der Waals surface area contributed by atoms with Gasteiger partial charge < -0.3 is 0 Å². The largest absolute Gasteiger partial charge is 0.219 e. The Balaban J connectivity index is 3.15. The Morgan fingerprint density at radius 2 is 2.00 bits per heavy atom. The van der Waals surface area contributed by atoms with Gasteiger partial charge in [0.2, 0.25) is 5.55 Å². The topological polar surface area (TPSA) is 0 Å². The monoisotopic (exact) mass is 124 g/mol. The second-order valence-electron chi connectivity index (χ2n) is 1.82. The highest BCUT2D eigenvalue weighted by Gasteiger charge is 2.17. The molecule has 3 heteroatoms. The van der Waals surface area contributed by atoms with Crippen LogP contribution in [0, 0.1) is 0 Å². The molecule has 0 rings (SSSR count). The molecule has 0 spiro atoms. The van der Waals surface area contributed by atoms with E-state index in [-0.39, 0.29) is 16.7 Å². The Morgan fingerprint density at radius 1 is 1.57 bits per heavy atom. The maximum absolute atomic E-state index is 11.8. The van der Waals surface area contributed by atoms with Crippen LogP contribution in [0.2, 0.25) is 0 Å². The van der Waals surface area contributed by atoms with E-state index in [1.54, 1.807) is 6.92 Å². The number of hydrogen-bond donors (Lipinski definition) is 0. The van der Waals surface area contributed by atoms with Crippen LogP contribution in [0.4, 0.5) is 8.78 Å². The molecule has 0 saturated carbocycles. The molecule has 0 amide bonds. The van der Waals surface area contributed by atoms with E-state index in [0.717, 1.165) is 0 Å². The predicted molar refractivity (Wildman–Crippen MR) is 29.8 cm³/mol. The molecule has 0 bridgehead atoms. The minimum atomic E-state index is -2.31. The predicted octanol–water partition coefficient (Wildman–Crippen LogP) is 0.745. The first-order valence-corrected chi connectivity index (χ1v) is 3.44. The van der Waals surface area contributed by atoms with Crippen LogP contribution in [0.3, 0.4) is 0 Å². The van der Waals surface area contributed by atoms with Crippen molar-refractivity contribution in [2.24, 2.45) is 0 Å². The molecule has 0 saturated heterocycles. The molecule has 0 aromatic heterocycles. The van der Waals surface area contributed by atoms with Gasteiger partial charge >= 0.3 is 0 Å². The quantitative estimate of drug-likeness (QED) is 0.476. The van der Waals surface area contributed by atoms with Crippen LogP contribution in [-0.4, -0.2) is 15.8 Å². The lowest BCUT2D eigenvalue weighted by Crippen LogP contribution is -2.13. The van der Waals surface area contributed by atoms with Crippen molar-refractivity contribution < 1.29 is 8.78 Å². The molecule has 0 heterocycles. The molecule has 0 N–H and O–H groups in total. The van der Waals surface area contributed by atoms with Gasteiger partial charge in [0.05, 0.1) is 10.2 Å². The van der Waals surface area contributed by atoms with Crippen molar-refractivity contribution in [2.75, 3.05) is 0 Å². The van der Waals surface area contributed by atoms with Crippen molar-refractivity contribution in [3.8, 4) is 0 Å². The van der Waals surface area contributed by atoms with Crippen molar-refractivity contribution in [1.29, 1.82) is 0 Å². The first-order valence-electron chi connectivity index (χ1n) is 2.44. The maximum atomic E-state index is 11.8. The first-order chi connectivity index (χ1) is 3.06. The zero-order valence-corrected chi connectivity index (χ0v) is 6.67. The third-order valence-electron chi connectivity index (χ3n) is 0.689. The van der Waals surface area contributed by atoms with E-state index < -0.39 is 5.55 Å². The average molecular weight is 124 g/mol. The van der Waals surface area contributed by atoms with E-state index in [4.69, 9.17) is 0 Å². The molecule has 0 aromatic rings. The van der Waals surface area contributed by atoms with Crippen LogP contribution < -0.4 is 0 Å². The van der Waals surface area contributed by atoms with Crippen LogP contribution in [0.5, 0.6) is 0 Å². The van der Waals surface area contributed by atoms with E-state index in [9.17, 15) is 8.78 Å². The average Bonchev–Trinajstić information content (AvgIpc) is 1.30. The number of halogens is 2. The van der Waals surface area contributed by atoms with Crippen molar-refractivity contribution in [3.63, 3.8) is 0 Å². The maximum Gasteiger partial charge on any atom is 0.219 e. The van der Waals surface area contributed by atoms with Gasteiger partial charge in [0, 0.05) is 6.42 Å². The Bertz CT molecular complexity index is 48.1. The first kappa shape index (κ1) is 7.08. The lowest BCUT2D eigenvalue weighted by Gasteiger charge is -2.05. The van der Waals surface area contributed by atoms with Gasteiger partial charge in [-0.15, -0.1) is 0 Å². The van der Waals surface area contributed by atoms with E-state index in [1.807, 2.05) is 0 Å². The summed E-state index contributed by atoms with van der Waals surface area (Å²) < 4.78 is 23.6. The molecular formula is C4H10F2Si. The molecule has 0 radical (unpaired) electrons. The fourth-order valence-electron chi connectivity index (χ4n) is 0.439. The standard InChI is InChI=1S/C4H10F2Si/c1-2-3-4(5,6)7/h2-3H2,1,7H3. The Morgan fingerprint density at radius 3 is 2.00 bits per heavy atom. The summed E-state index contributed by atoms with van der Waals surface area (Å²) in [6.07, 6.45) is 0.662. The highest BCUT2D eigenvalue weighted by molar-refractivity contribution is 6.13. The summed E-state index contributed by atoms with van der Waals surface area (Å²) in [4.78, 5) is 0. The third-order valence-corrected chi connectivity index (χ3v) is 1.19. The van der Waals surface area contributed by atoms with Gasteiger partial charge in [-0.3, -0.25) is 0 Å². The minimum absolute atomic E-state index is 0.00440. The van der Waals surface area contributed by atoms with Gasteiger partial charge in [-0.1, -0.05) is 13.3 Å². The molecule has 0 unspecified atom stereocenters. The van der Waals surface area contributed by atoms with Crippen molar-refractivity contribution in [1.82, 2.24) is 0 Å². The lowest BCUT2D eigenvalue weighted by molar-refractivity contribution is 0.0844. The van der Waals surface area contributed by atoms with Crippen LogP contribution in [0.1, 0.15) is 19.8 Å². The Hall–Kier alpha value is 0.0769. The van der Waals surface area contributed by atoms with Gasteiger partial charge in [-0.2, -0.15) is 0 Å². The normalized spacial score (nSPS) is 12.4. The van der Waals surface area contributed by atoms with E-state index in [0.29, 0.717) is 6.42 Å². The summed E-state index contributed by atoms with van der Waals surface area (Å²) in [7, 11) is 0.00440. The van der Waals surface area contributed by atoms with Gasteiger partial charge in [-0.25, -0.2) is 8.78 Å². The molecule has 0 aromatic carbocycles. The van der Waals surface area contributed by atoms with Crippen LogP contribution in [0.15, 0.2) is 0 Å². The van der Waals surface area contributed by atoms with Crippen LogP contribution in [-0.2, 0) is 0 Å². The molecule has 0 fully saturated rings. The zero-order valence-electron chi connectivity index (χ0n) is 4.67. The number of rotatable bonds is 2. The van der Waals surface area contributed by atoms with Gasteiger partial charge in [0.1, 0.15) is 0 Å². The number of hydrogen-bond acceptors (Lipinski definition) is 0. The molecule has 44 valence electrons. The Labute approximate surface area is 45.3 Å². The van der Waals surface area contributed by atoms with Gasteiger partial charge in [0.15, 0.2) is 0 Å². The smallest absolute Gasteiger partial charge is 0.213 e. The number of alkyl halides is 2. The van der Waals surface area contributed by atoms with Crippen LogP contribution >= 0.6 is 0 Å². The molecule has 7 heavy (non-hydrogen) atoms. The van der Waals surface area contributed by atoms with Gasteiger partial charge in [-0.05, 0) is 0 Å². The van der Waals surface area contributed by atoms with Crippen molar-refractivity contribution in [2.45, 2.75) is 25.3 Å². The summed E-state index contributed by atoms with van der Waals surface area (Å²) >= 11 is 0. The second kappa shape index (κ2) is 2.40. The molecule has 0 aliphatic rings. The molecule has 0 aliphatic heterocycles. The molecule has 0 atom stereocenters. The fourth-order valence-corrected chi connectivity index (χ4v) is 0.939.